The third kappa shape index (κ3) is 18.1. The predicted molar refractivity (Wildman–Crippen MR) is 97.3 cm³/mol. The van der Waals surface area contributed by atoms with Gasteiger partial charge in [0, 0.05) is 6.42 Å². The number of hydrogen-bond acceptors (Lipinski definition) is 2. The SMILES string of the molecule is CC/C=C\C/C=C\C/C=C\C/C=C\C=C/[C@@H](O)CCCC(=O)O. The predicted octanol–water partition coefficient (Wildman–Crippen LogP) is 4.96. The lowest BCUT2D eigenvalue weighted by Gasteiger charge is -2.02. The van der Waals surface area contributed by atoms with Gasteiger partial charge in [0.25, 0.3) is 0 Å². The summed E-state index contributed by atoms with van der Waals surface area (Å²) in [6, 6.07) is 0. The van der Waals surface area contributed by atoms with E-state index in [1.165, 1.54) is 0 Å². The zero-order valence-corrected chi connectivity index (χ0v) is 14.1. The van der Waals surface area contributed by atoms with E-state index in [-0.39, 0.29) is 6.42 Å². The molecule has 0 saturated heterocycles. The standard InChI is InChI=1S/C20H30O3/c1-2-3-4-5-6-7-8-9-10-11-12-13-14-16-19(21)17-15-18-20(22)23/h3-4,6-7,9-10,12-14,16,19,21H,2,5,8,11,15,17-18H2,1H3,(H,22,23)/b4-3-,7-6-,10-9-,13-12-,16-14-/t19-/m1/s1. The molecule has 0 amide bonds. The molecule has 0 aromatic rings. The number of carboxylic acids is 1. The molecule has 0 aromatic heterocycles. The van der Waals surface area contributed by atoms with Crippen molar-refractivity contribution >= 4 is 5.97 Å². The van der Waals surface area contributed by atoms with Crippen molar-refractivity contribution in [3.05, 3.63) is 60.8 Å². The average Bonchev–Trinajstić information content (AvgIpc) is 2.51. The van der Waals surface area contributed by atoms with Crippen LogP contribution in [0.2, 0.25) is 0 Å². The van der Waals surface area contributed by atoms with Gasteiger partial charge < -0.3 is 10.2 Å². The highest BCUT2D eigenvalue weighted by Crippen LogP contribution is 2.02. The summed E-state index contributed by atoms with van der Waals surface area (Å²) in [5.41, 5.74) is 0. The number of aliphatic hydroxyl groups excluding tert-OH is 1. The molecule has 0 heterocycles. The molecule has 0 aliphatic carbocycles. The molecule has 0 spiro atoms. The second kappa shape index (κ2) is 16.5. The molecule has 0 fully saturated rings. The molecule has 0 radical (unpaired) electrons. The highest BCUT2D eigenvalue weighted by molar-refractivity contribution is 5.66. The van der Waals surface area contributed by atoms with Crippen LogP contribution < -0.4 is 0 Å². The number of allylic oxidation sites excluding steroid dienone is 9. The van der Waals surface area contributed by atoms with E-state index < -0.39 is 12.1 Å². The van der Waals surface area contributed by atoms with E-state index in [0.717, 1.165) is 25.7 Å². The summed E-state index contributed by atoms with van der Waals surface area (Å²) in [6.07, 6.45) is 24.7. The maximum atomic E-state index is 10.3. The zero-order chi connectivity index (χ0) is 17.2. The van der Waals surface area contributed by atoms with Crippen molar-refractivity contribution in [2.75, 3.05) is 0 Å². The Kier molecular flexibility index (Phi) is 15.2. The van der Waals surface area contributed by atoms with E-state index in [1.54, 1.807) is 12.2 Å². The summed E-state index contributed by atoms with van der Waals surface area (Å²) in [5.74, 6) is -0.819. The minimum atomic E-state index is -0.819. The van der Waals surface area contributed by atoms with Gasteiger partial charge in [0.1, 0.15) is 0 Å². The van der Waals surface area contributed by atoms with Gasteiger partial charge in [-0.1, -0.05) is 67.7 Å². The molecule has 128 valence electrons. The van der Waals surface area contributed by atoms with Crippen molar-refractivity contribution in [1.29, 1.82) is 0 Å². The van der Waals surface area contributed by atoms with E-state index in [9.17, 15) is 9.90 Å². The number of carboxylic acid groups (broad SMARTS) is 1. The molecule has 0 aliphatic heterocycles. The van der Waals surface area contributed by atoms with Crippen LogP contribution in [0.25, 0.3) is 0 Å². The molecule has 0 saturated carbocycles. The van der Waals surface area contributed by atoms with Crippen molar-refractivity contribution in [2.45, 2.75) is 58.0 Å². The van der Waals surface area contributed by atoms with Crippen LogP contribution >= 0.6 is 0 Å². The Labute approximate surface area is 140 Å². The lowest BCUT2D eigenvalue weighted by atomic mass is 10.1. The largest absolute Gasteiger partial charge is 0.481 e. The first-order valence-electron chi connectivity index (χ1n) is 8.35. The fourth-order valence-electron chi connectivity index (χ4n) is 1.79. The topological polar surface area (TPSA) is 57.5 Å². The van der Waals surface area contributed by atoms with E-state index in [1.807, 2.05) is 12.2 Å². The molecule has 0 aromatic carbocycles. The van der Waals surface area contributed by atoms with Gasteiger partial charge in [0.15, 0.2) is 0 Å². The lowest BCUT2D eigenvalue weighted by Crippen LogP contribution is -2.03. The van der Waals surface area contributed by atoms with Gasteiger partial charge in [-0.05, 0) is 38.5 Å². The summed E-state index contributed by atoms with van der Waals surface area (Å²) in [4.78, 5) is 10.3. The Balaban J connectivity index is 3.65. The highest BCUT2D eigenvalue weighted by Gasteiger charge is 2.01. The smallest absolute Gasteiger partial charge is 0.303 e. The van der Waals surface area contributed by atoms with Gasteiger partial charge in [-0.25, -0.2) is 0 Å². The van der Waals surface area contributed by atoms with E-state index >= 15 is 0 Å². The molecule has 3 heteroatoms. The Morgan fingerprint density at radius 1 is 0.913 bits per heavy atom. The Morgan fingerprint density at radius 3 is 2.04 bits per heavy atom. The number of rotatable bonds is 13. The highest BCUT2D eigenvalue weighted by atomic mass is 16.4. The number of hydrogen-bond donors (Lipinski definition) is 2. The first-order valence-corrected chi connectivity index (χ1v) is 8.35. The molecule has 0 rings (SSSR count). The minimum Gasteiger partial charge on any atom is -0.481 e. The lowest BCUT2D eigenvalue weighted by molar-refractivity contribution is -0.137. The van der Waals surface area contributed by atoms with Gasteiger partial charge in [0.05, 0.1) is 6.10 Å². The van der Waals surface area contributed by atoms with Gasteiger partial charge in [-0.15, -0.1) is 0 Å². The second-order valence-electron chi connectivity index (χ2n) is 5.20. The van der Waals surface area contributed by atoms with Gasteiger partial charge in [0.2, 0.25) is 0 Å². The van der Waals surface area contributed by atoms with Gasteiger partial charge >= 0.3 is 5.97 Å². The summed E-state index contributed by atoms with van der Waals surface area (Å²) in [6.45, 7) is 2.13. The van der Waals surface area contributed by atoms with Gasteiger partial charge in [-0.2, -0.15) is 0 Å². The average molecular weight is 318 g/mol. The fraction of sp³-hybridized carbons (Fsp3) is 0.450. The summed E-state index contributed by atoms with van der Waals surface area (Å²) >= 11 is 0. The molecule has 0 bridgehead atoms. The summed E-state index contributed by atoms with van der Waals surface area (Å²) in [7, 11) is 0. The Hall–Kier alpha value is -1.87. The van der Waals surface area contributed by atoms with Crippen LogP contribution in [0, 0.1) is 0 Å². The third-order valence-corrected chi connectivity index (χ3v) is 3.02. The van der Waals surface area contributed by atoms with Crippen LogP contribution in [0.15, 0.2) is 60.8 Å². The van der Waals surface area contributed by atoms with E-state index in [4.69, 9.17) is 5.11 Å². The fourth-order valence-corrected chi connectivity index (χ4v) is 1.79. The monoisotopic (exact) mass is 318 g/mol. The number of aliphatic hydroxyl groups is 1. The van der Waals surface area contributed by atoms with Crippen LogP contribution in [0.1, 0.15) is 51.9 Å². The summed E-state index contributed by atoms with van der Waals surface area (Å²) in [5, 5.41) is 18.1. The molecule has 3 nitrogen and oxygen atoms in total. The van der Waals surface area contributed by atoms with Crippen molar-refractivity contribution in [3.63, 3.8) is 0 Å². The van der Waals surface area contributed by atoms with Crippen molar-refractivity contribution in [3.8, 4) is 0 Å². The van der Waals surface area contributed by atoms with Crippen molar-refractivity contribution in [1.82, 2.24) is 0 Å². The molecule has 1 atom stereocenters. The molecular formula is C20H30O3. The molecule has 2 N–H and O–H groups in total. The van der Waals surface area contributed by atoms with Crippen LogP contribution in [0.3, 0.4) is 0 Å². The molecular weight excluding hydrogens is 288 g/mol. The zero-order valence-electron chi connectivity index (χ0n) is 14.1. The normalized spacial score (nSPS) is 14.2. The van der Waals surface area contributed by atoms with Crippen molar-refractivity contribution < 1.29 is 15.0 Å². The first-order chi connectivity index (χ1) is 11.2. The van der Waals surface area contributed by atoms with Crippen LogP contribution in [-0.2, 0) is 4.79 Å². The number of carbonyl (C=O) groups is 1. The maximum Gasteiger partial charge on any atom is 0.303 e. The minimum absolute atomic E-state index is 0.106. The van der Waals surface area contributed by atoms with Crippen molar-refractivity contribution in [2.24, 2.45) is 0 Å². The third-order valence-electron chi connectivity index (χ3n) is 3.02. The van der Waals surface area contributed by atoms with Gasteiger partial charge in [-0.3, -0.25) is 4.79 Å². The molecule has 23 heavy (non-hydrogen) atoms. The van der Waals surface area contributed by atoms with E-state index in [0.29, 0.717) is 12.8 Å². The second-order valence-corrected chi connectivity index (χ2v) is 5.20. The van der Waals surface area contributed by atoms with Crippen LogP contribution in [0.5, 0.6) is 0 Å². The quantitative estimate of drug-likeness (QED) is 0.372. The van der Waals surface area contributed by atoms with E-state index in [2.05, 4.69) is 43.4 Å². The molecule has 0 aliphatic rings. The Morgan fingerprint density at radius 2 is 1.48 bits per heavy atom. The Bertz CT molecular complexity index is 428. The van der Waals surface area contributed by atoms with Crippen LogP contribution in [-0.4, -0.2) is 22.3 Å². The summed E-state index contributed by atoms with van der Waals surface area (Å²) < 4.78 is 0. The molecule has 0 unspecified atom stereocenters. The maximum absolute atomic E-state index is 10.3. The first kappa shape index (κ1) is 21.1. The van der Waals surface area contributed by atoms with Crippen LogP contribution in [0.4, 0.5) is 0 Å². The number of aliphatic carboxylic acids is 1.